The number of ether oxygens (including phenoxy) is 1. The van der Waals surface area contributed by atoms with Gasteiger partial charge in [-0.15, -0.1) is 0 Å². The number of nitrogens with one attached hydrogen (secondary N) is 1. The van der Waals surface area contributed by atoms with Crippen molar-refractivity contribution in [1.82, 2.24) is 5.32 Å². The molecule has 0 fully saturated rings. The number of carboxylic acid groups (broad SMARTS) is 1. The molecule has 0 aliphatic rings. The lowest BCUT2D eigenvalue weighted by Crippen LogP contribution is -2.29. The molecule has 2 aromatic carbocycles. The summed E-state index contributed by atoms with van der Waals surface area (Å²) in [7, 11) is 0. The van der Waals surface area contributed by atoms with E-state index in [0.29, 0.717) is 13.0 Å². The quantitative estimate of drug-likeness (QED) is 0.389. The number of allylic oxidation sites excluding steroid dienone is 2. The van der Waals surface area contributed by atoms with E-state index < -0.39 is 12.1 Å². The highest BCUT2D eigenvalue weighted by atomic mass is 16.5. The lowest BCUT2D eigenvalue weighted by Gasteiger charge is -2.17. The Hall–Kier alpha value is -3.03. The number of rotatable bonds is 9. The smallest absolute Gasteiger partial charge is 0.333 e. The summed E-state index contributed by atoms with van der Waals surface area (Å²) in [5, 5.41) is 12.9. The number of hydrogen-bond acceptors (Lipinski definition) is 3. The number of carboxylic acids is 1. The second kappa shape index (κ2) is 15.8. The molecule has 190 valence electrons. The highest BCUT2D eigenvalue weighted by Gasteiger charge is 2.20. The molecule has 1 atom stereocenters. The number of hydrogen-bond donors (Lipinski definition) is 2. The summed E-state index contributed by atoms with van der Waals surface area (Å²) >= 11 is 0. The maximum absolute atomic E-state index is 11.5. The van der Waals surface area contributed by atoms with Crippen molar-refractivity contribution < 1.29 is 14.6 Å². The van der Waals surface area contributed by atoms with Gasteiger partial charge in [0, 0.05) is 18.5 Å². The van der Waals surface area contributed by atoms with Crippen LogP contribution < -0.4 is 5.32 Å². The van der Waals surface area contributed by atoms with Crippen molar-refractivity contribution in [2.45, 2.75) is 87.0 Å². The Morgan fingerprint density at radius 1 is 1.06 bits per heavy atom. The number of aliphatic carboxylic acids is 1. The average molecular weight is 478 g/mol. The van der Waals surface area contributed by atoms with Crippen LogP contribution >= 0.6 is 0 Å². The van der Waals surface area contributed by atoms with E-state index in [1.807, 2.05) is 38.1 Å². The first-order valence-corrected chi connectivity index (χ1v) is 12.5. The topological polar surface area (TPSA) is 58.6 Å². The van der Waals surface area contributed by atoms with Crippen molar-refractivity contribution in [3.63, 3.8) is 0 Å². The van der Waals surface area contributed by atoms with E-state index in [2.05, 4.69) is 83.0 Å². The van der Waals surface area contributed by atoms with Crippen LogP contribution in [0.15, 0.2) is 54.2 Å². The molecule has 35 heavy (non-hydrogen) atoms. The van der Waals surface area contributed by atoms with Crippen molar-refractivity contribution in [2.24, 2.45) is 5.92 Å². The van der Waals surface area contributed by atoms with Crippen molar-refractivity contribution >= 4 is 5.97 Å². The number of benzene rings is 2. The molecule has 0 aliphatic heterocycles. The number of carbonyl (C=O) groups is 1. The van der Waals surface area contributed by atoms with Crippen LogP contribution in [0.4, 0.5) is 0 Å². The Bertz CT molecular complexity index is 1010. The molecule has 2 N–H and O–H groups in total. The van der Waals surface area contributed by atoms with Crippen molar-refractivity contribution in [3.8, 4) is 11.8 Å². The molecule has 0 aromatic heterocycles. The molecule has 0 heterocycles. The van der Waals surface area contributed by atoms with Crippen molar-refractivity contribution in [1.29, 1.82) is 0 Å². The minimum atomic E-state index is -0.937. The molecule has 4 heteroatoms. The molecule has 0 bridgehead atoms. The van der Waals surface area contributed by atoms with Crippen LogP contribution in [0.25, 0.3) is 0 Å². The second-order valence-corrected chi connectivity index (χ2v) is 9.70. The maximum atomic E-state index is 11.5. The largest absolute Gasteiger partial charge is 0.479 e. The van der Waals surface area contributed by atoms with Crippen LogP contribution in [0.1, 0.15) is 75.8 Å². The molecular weight excluding hydrogens is 434 g/mol. The average Bonchev–Trinajstić information content (AvgIpc) is 2.77. The van der Waals surface area contributed by atoms with Crippen LogP contribution in [0.3, 0.4) is 0 Å². The minimum Gasteiger partial charge on any atom is -0.479 e. The van der Waals surface area contributed by atoms with Crippen LogP contribution in [0.2, 0.25) is 0 Å². The molecule has 4 nitrogen and oxygen atoms in total. The predicted molar refractivity (Wildman–Crippen MR) is 146 cm³/mol. The van der Waals surface area contributed by atoms with Crippen LogP contribution in [-0.4, -0.2) is 23.3 Å². The highest BCUT2D eigenvalue weighted by molar-refractivity contribution is 5.72. The van der Waals surface area contributed by atoms with E-state index in [9.17, 15) is 9.90 Å². The van der Waals surface area contributed by atoms with Gasteiger partial charge in [-0.1, -0.05) is 75.6 Å². The third kappa shape index (κ3) is 12.9. The van der Waals surface area contributed by atoms with Gasteiger partial charge in [0.25, 0.3) is 0 Å². The van der Waals surface area contributed by atoms with E-state index in [-0.39, 0.29) is 6.10 Å². The van der Waals surface area contributed by atoms with E-state index in [4.69, 9.17) is 4.74 Å². The third-order valence-electron chi connectivity index (χ3n) is 4.82. The summed E-state index contributed by atoms with van der Waals surface area (Å²) in [5.41, 5.74) is 6.30. The molecule has 0 spiro atoms. The second-order valence-electron chi connectivity index (χ2n) is 9.70. The summed E-state index contributed by atoms with van der Waals surface area (Å²) in [6.45, 7) is 17.0. The van der Waals surface area contributed by atoms with E-state index in [1.54, 1.807) is 0 Å². The van der Waals surface area contributed by atoms with E-state index in [0.717, 1.165) is 40.3 Å². The van der Waals surface area contributed by atoms with Gasteiger partial charge in [-0.3, -0.25) is 0 Å². The molecular formula is C31H43NO3. The molecule has 2 aromatic rings. The van der Waals surface area contributed by atoms with Crippen LogP contribution in [0.5, 0.6) is 0 Å². The van der Waals surface area contributed by atoms with Gasteiger partial charge in [0.05, 0.1) is 11.8 Å². The summed E-state index contributed by atoms with van der Waals surface area (Å²) in [4.78, 5) is 11.5. The summed E-state index contributed by atoms with van der Waals surface area (Å²) in [6, 6.07) is 14.2. The van der Waals surface area contributed by atoms with Crippen molar-refractivity contribution in [2.75, 3.05) is 0 Å². The lowest BCUT2D eigenvalue weighted by atomic mass is 10.0. The summed E-state index contributed by atoms with van der Waals surface area (Å²) < 4.78 is 5.55. The van der Waals surface area contributed by atoms with Gasteiger partial charge < -0.3 is 15.2 Å². The fourth-order valence-electron chi connectivity index (χ4n) is 3.12. The zero-order valence-corrected chi connectivity index (χ0v) is 22.7. The zero-order valence-electron chi connectivity index (χ0n) is 22.7. The Kier molecular flexibility index (Phi) is 13.5. The molecule has 0 radical (unpaired) electrons. The predicted octanol–water partition coefficient (Wildman–Crippen LogP) is 6.82. The van der Waals surface area contributed by atoms with Gasteiger partial charge in [-0.05, 0) is 74.8 Å². The molecule has 2 rings (SSSR count). The van der Waals surface area contributed by atoms with Gasteiger partial charge in [-0.25, -0.2) is 4.79 Å². The van der Waals surface area contributed by atoms with E-state index in [1.165, 1.54) is 5.56 Å². The van der Waals surface area contributed by atoms with Gasteiger partial charge in [-0.2, -0.15) is 0 Å². The third-order valence-corrected chi connectivity index (χ3v) is 4.82. The first-order valence-electron chi connectivity index (χ1n) is 12.5. The standard InChI is InChI=1S/C27H33NO3.C4H10/c1-6-7-25(15-14-22-11-8-20(4)9-12-22)28-18-24-16-23(13-10-21(24)5)17-26(27(29)30)31-19(2)3;1-4(2)3/h7-13,16,19,26,28H,6,17-18H2,1-5H3,(H,29,30);4H,1-3H3/b25-7+;. The van der Waals surface area contributed by atoms with Gasteiger partial charge in [0.2, 0.25) is 0 Å². The van der Waals surface area contributed by atoms with Crippen LogP contribution in [-0.2, 0) is 22.5 Å². The first-order chi connectivity index (χ1) is 16.5. The normalized spacial score (nSPS) is 11.9. The Balaban J connectivity index is 0.00000142. The Morgan fingerprint density at radius 3 is 2.23 bits per heavy atom. The maximum Gasteiger partial charge on any atom is 0.333 e. The van der Waals surface area contributed by atoms with Crippen LogP contribution in [0, 0.1) is 31.6 Å². The summed E-state index contributed by atoms with van der Waals surface area (Å²) in [6.07, 6.45) is 2.32. The fourth-order valence-corrected chi connectivity index (χ4v) is 3.12. The molecule has 0 saturated carbocycles. The molecule has 0 saturated heterocycles. The minimum absolute atomic E-state index is 0.137. The Labute approximate surface area is 212 Å². The zero-order chi connectivity index (χ0) is 26.4. The van der Waals surface area contributed by atoms with Gasteiger partial charge in [0.15, 0.2) is 6.10 Å². The van der Waals surface area contributed by atoms with E-state index >= 15 is 0 Å². The summed E-state index contributed by atoms with van der Waals surface area (Å²) in [5.74, 6) is 6.34. The Morgan fingerprint density at radius 2 is 1.69 bits per heavy atom. The molecule has 1 unspecified atom stereocenters. The first kappa shape index (κ1) is 30.0. The number of aryl methyl sites for hydroxylation is 2. The highest BCUT2D eigenvalue weighted by Crippen LogP contribution is 2.15. The SMILES string of the molecule is CC(C)C.CC/C=C(\C#Cc1ccc(C)cc1)NCc1cc(CC(OC(C)C)C(=O)O)ccc1C. The van der Waals surface area contributed by atoms with Crippen molar-refractivity contribution in [3.05, 3.63) is 82.1 Å². The van der Waals surface area contributed by atoms with Gasteiger partial charge >= 0.3 is 5.97 Å². The molecule has 0 amide bonds. The lowest BCUT2D eigenvalue weighted by molar-refractivity contribution is -0.153. The fraction of sp³-hybridized carbons (Fsp3) is 0.452. The molecule has 0 aliphatic carbocycles. The van der Waals surface area contributed by atoms with Gasteiger partial charge in [0.1, 0.15) is 0 Å². The monoisotopic (exact) mass is 477 g/mol.